The van der Waals surface area contributed by atoms with Crippen molar-refractivity contribution in [2.75, 3.05) is 7.05 Å². The van der Waals surface area contributed by atoms with E-state index >= 15 is 0 Å². The highest BCUT2D eigenvalue weighted by Crippen LogP contribution is 2.22. The molecule has 0 unspecified atom stereocenters. The Morgan fingerprint density at radius 2 is 2.09 bits per heavy atom. The number of aryl methyl sites for hydroxylation is 1. The fraction of sp³-hybridized carbons (Fsp3) is 0.294. The maximum atomic E-state index is 12.2. The molecule has 3 aromatic rings. The summed E-state index contributed by atoms with van der Waals surface area (Å²) in [5.41, 5.74) is 1.98. The van der Waals surface area contributed by atoms with Crippen molar-refractivity contribution in [3.05, 3.63) is 62.3 Å². The van der Waals surface area contributed by atoms with Gasteiger partial charge in [0, 0.05) is 11.4 Å². The van der Waals surface area contributed by atoms with E-state index in [0.29, 0.717) is 11.2 Å². The van der Waals surface area contributed by atoms with Crippen LogP contribution in [-0.2, 0) is 6.54 Å². The summed E-state index contributed by atoms with van der Waals surface area (Å²) in [4.78, 5) is 23.3. The van der Waals surface area contributed by atoms with Crippen molar-refractivity contribution in [3.8, 4) is 0 Å². The standard InChI is InChI=1S/C17H19N3OS/c1-11-8-9-22-15(11)10-20(3)12(2)16-18-14-7-5-4-6-13(14)17(21)19-16/h4-9,12H,10H2,1-3H3,(H,18,19,21)/t12-/m1/s1. The number of rotatable bonds is 4. The number of nitrogens with one attached hydrogen (secondary N) is 1. The lowest BCUT2D eigenvalue weighted by molar-refractivity contribution is 0.245. The van der Waals surface area contributed by atoms with Crippen molar-refractivity contribution in [3.63, 3.8) is 0 Å². The van der Waals surface area contributed by atoms with E-state index < -0.39 is 0 Å². The van der Waals surface area contributed by atoms with E-state index in [1.54, 1.807) is 17.4 Å². The van der Waals surface area contributed by atoms with Gasteiger partial charge in [0.25, 0.3) is 5.56 Å². The summed E-state index contributed by atoms with van der Waals surface area (Å²) in [6.45, 7) is 5.04. The van der Waals surface area contributed by atoms with Gasteiger partial charge < -0.3 is 4.98 Å². The lowest BCUT2D eigenvalue weighted by Crippen LogP contribution is -2.25. The average molecular weight is 313 g/mol. The van der Waals surface area contributed by atoms with Gasteiger partial charge in [-0.25, -0.2) is 4.98 Å². The summed E-state index contributed by atoms with van der Waals surface area (Å²) in [5.74, 6) is 0.709. The maximum Gasteiger partial charge on any atom is 0.258 e. The van der Waals surface area contributed by atoms with E-state index in [1.165, 1.54) is 10.4 Å². The number of hydrogen-bond acceptors (Lipinski definition) is 4. The second kappa shape index (κ2) is 6.02. The van der Waals surface area contributed by atoms with E-state index in [0.717, 1.165) is 12.1 Å². The second-order valence-electron chi connectivity index (χ2n) is 5.59. The summed E-state index contributed by atoms with van der Waals surface area (Å²) >= 11 is 1.76. The fourth-order valence-corrected chi connectivity index (χ4v) is 3.41. The Morgan fingerprint density at radius 3 is 2.82 bits per heavy atom. The number of aromatic amines is 1. The van der Waals surface area contributed by atoms with Gasteiger partial charge in [0.15, 0.2) is 0 Å². The zero-order valence-corrected chi connectivity index (χ0v) is 13.8. The first-order chi connectivity index (χ1) is 10.6. The molecule has 0 aliphatic rings. The molecule has 0 saturated heterocycles. The molecule has 0 amide bonds. The van der Waals surface area contributed by atoms with Gasteiger partial charge in [-0.1, -0.05) is 12.1 Å². The molecular formula is C17H19N3OS. The summed E-state index contributed by atoms with van der Waals surface area (Å²) < 4.78 is 0. The minimum Gasteiger partial charge on any atom is -0.309 e. The van der Waals surface area contributed by atoms with E-state index in [-0.39, 0.29) is 11.6 Å². The maximum absolute atomic E-state index is 12.2. The minimum absolute atomic E-state index is 0.0406. The highest BCUT2D eigenvalue weighted by atomic mass is 32.1. The number of benzene rings is 1. The molecule has 0 bridgehead atoms. The summed E-state index contributed by atoms with van der Waals surface area (Å²) in [7, 11) is 2.05. The molecule has 0 fully saturated rings. The fourth-order valence-electron chi connectivity index (χ4n) is 2.44. The number of fused-ring (bicyclic) bond motifs is 1. The molecule has 3 rings (SSSR count). The molecule has 1 atom stereocenters. The number of hydrogen-bond donors (Lipinski definition) is 1. The highest BCUT2D eigenvalue weighted by molar-refractivity contribution is 7.10. The Balaban J connectivity index is 1.90. The lowest BCUT2D eigenvalue weighted by atomic mass is 10.2. The van der Waals surface area contributed by atoms with Crippen molar-refractivity contribution < 1.29 is 0 Å². The van der Waals surface area contributed by atoms with E-state index in [4.69, 9.17) is 0 Å². The molecule has 2 heterocycles. The Kier molecular flexibility index (Phi) is 4.09. The molecule has 0 aliphatic carbocycles. The van der Waals surface area contributed by atoms with Gasteiger partial charge in [-0.2, -0.15) is 0 Å². The van der Waals surface area contributed by atoms with Gasteiger partial charge in [-0.15, -0.1) is 11.3 Å². The molecule has 0 saturated carbocycles. The lowest BCUT2D eigenvalue weighted by Gasteiger charge is -2.23. The van der Waals surface area contributed by atoms with Crippen LogP contribution < -0.4 is 5.56 Å². The van der Waals surface area contributed by atoms with Crippen molar-refractivity contribution in [2.45, 2.75) is 26.4 Å². The molecule has 0 radical (unpaired) electrons. The first-order valence-corrected chi connectivity index (χ1v) is 8.16. The number of thiophene rings is 1. The summed E-state index contributed by atoms with van der Waals surface area (Å²) in [5, 5.41) is 2.74. The van der Waals surface area contributed by atoms with Crippen LogP contribution in [0, 0.1) is 6.92 Å². The van der Waals surface area contributed by atoms with E-state index in [2.05, 4.69) is 47.2 Å². The Labute approximate surface area is 133 Å². The third-order valence-corrected chi connectivity index (χ3v) is 5.06. The number of nitrogens with zero attached hydrogens (tertiary/aromatic N) is 2. The molecule has 5 heteroatoms. The first-order valence-electron chi connectivity index (χ1n) is 7.28. The number of H-pyrrole nitrogens is 1. The Morgan fingerprint density at radius 1 is 1.32 bits per heavy atom. The van der Waals surface area contributed by atoms with E-state index in [1.807, 2.05) is 18.2 Å². The molecule has 0 spiro atoms. The van der Waals surface area contributed by atoms with Crippen LogP contribution in [0.5, 0.6) is 0 Å². The van der Waals surface area contributed by atoms with Crippen LogP contribution in [0.1, 0.15) is 29.2 Å². The molecule has 1 aromatic carbocycles. The third-order valence-electron chi connectivity index (χ3n) is 4.05. The quantitative estimate of drug-likeness (QED) is 0.802. The average Bonchev–Trinajstić information content (AvgIpc) is 2.91. The first kappa shape index (κ1) is 14.9. The summed E-state index contributed by atoms with van der Waals surface area (Å²) in [6.07, 6.45) is 0. The zero-order chi connectivity index (χ0) is 15.7. The van der Waals surface area contributed by atoms with Gasteiger partial charge in [-0.3, -0.25) is 9.69 Å². The van der Waals surface area contributed by atoms with Crippen LogP contribution in [0.15, 0.2) is 40.5 Å². The smallest absolute Gasteiger partial charge is 0.258 e. The predicted octanol–water partition coefficient (Wildman–Crippen LogP) is 3.49. The van der Waals surface area contributed by atoms with Crippen LogP contribution >= 0.6 is 11.3 Å². The molecule has 2 aromatic heterocycles. The molecule has 22 heavy (non-hydrogen) atoms. The predicted molar refractivity (Wildman–Crippen MR) is 91.3 cm³/mol. The molecule has 0 aliphatic heterocycles. The Hall–Kier alpha value is -1.98. The van der Waals surface area contributed by atoms with Crippen LogP contribution in [-0.4, -0.2) is 21.9 Å². The molecule has 114 valence electrons. The summed E-state index contributed by atoms with van der Waals surface area (Å²) in [6, 6.07) is 9.61. The van der Waals surface area contributed by atoms with Gasteiger partial charge in [-0.05, 0) is 50.0 Å². The number of para-hydroxylation sites is 1. The van der Waals surface area contributed by atoms with Crippen molar-refractivity contribution in [1.82, 2.24) is 14.9 Å². The topological polar surface area (TPSA) is 49.0 Å². The van der Waals surface area contributed by atoms with Crippen molar-refractivity contribution in [2.24, 2.45) is 0 Å². The molecule has 4 nitrogen and oxygen atoms in total. The third kappa shape index (κ3) is 2.82. The highest BCUT2D eigenvalue weighted by Gasteiger charge is 2.16. The van der Waals surface area contributed by atoms with Crippen LogP contribution in [0.2, 0.25) is 0 Å². The van der Waals surface area contributed by atoms with Gasteiger partial charge in [0.1, 0.15) is 5.82 Å². The van der Waals surface area contributed by atoms with Gasteiger partial charge in [0.2, 0.25) is 0 Å². The van der Waals surface area contributed by atoms with Crippen LogP contribution in [0.25, 0.3) is 10.9 Å². The SMILES string of the molecule is Cc1ccsc1CN(C)[C@H](C)c1nc2ccccc2c(=O)[nH]1. The van der Waals surface area contributed by atoms with Crippen LogP contribution in [0.4, 0.5) is 0 Å². The second-order valence-corrected chi connectivity index (χ2v) is 6.59. The minimum atomic E-state index is -0.0758. The normalized spacial score (nSPS) is 12.9. The van der Waals surface area contributed by atoms with Crippen molar-refractivity contribution in [1.29, 1.82) is 0 Å². The van der Waals surface area contributed by atoms with Crippen molar-refractivity contribution >= 4 is 22.2 Å². The monoisotopic (exact) mass is 313 g/mol. The van der Waals surface area contributed by atoms with E-state index in [9.17, 15) is 4.79 Å². The molecular weight excluding hydrogens is 294 g/mol. The van der Waals surface area contributed by atoms with Crippen LogP contribution in [0.3, 0.4) is 0 Å². The largest absolute Gasteiger partial charge is 0.309 e. The zero-order valence-electron chi connectivity index (χ0n) is 13.0. The van der Waals surface area contributed by atoms with Gasteiger partial charge >= 0.3 is 0 Å². The Bertz CT molecular complexity index is 852. The molecule has 1 N–H and O–H groups in total. The van der Waals surface area contributed by atoms with Gasteiger partial charge in [0.05, 0.1) is 16.9 Å². The number of aromatic nitrogens is 2.